The van der Waals surface area contributed by atoms with Crippen LogP contribution in [0.4, 0.5) is 0 Å². The smallest absolute Gasteiger partial charge is 0.0500 e. The molecule has 14 heavy (non-hydrogen) atoms. The van der Waals surface area contributed by atoms with Crippen LogP contribution >= 0.6 is 0 Å². The van der Waals surface area contributed by atoms with Crippen LogP contribution in [0.15, 0.2) is 0 Å². The molecule has 0 saturated heterocycles. The minimum atomic E-state index is 0. The Morgan fingerprint density at radius 1 is 0.643 bits per heavy atom. The van der Waals surface area contributed by atoms with E-state index in [-0.39, 0.29) is 14.9 Å². The molecule has 0 heterocycles. The molecule has 0 fully saturated rings. The van der Waals surface area contributed by atoms with E-state index < -0.39 is 0 Å². The highest BCUT2D eigenvalue weighted by atomic mass is 13.7. The summed E-state index contributed by atoms with van der Waals surface area (Å²) in [7, 11) is 0. The third-order valence-electron chi connectivity index (χ3n) is 0. The SMILES string of the molecule is C.C.CC.CC(C)C.CCC.CCC. The zero-order chi connectivity index (χ0) is 11.0. The topological polar surface area (TPSA) is 0 Å². The lowest BCUT2D eigenvalue weighted by molar-refractivity contribution is 0.737. The quantitative estimate of drug-likeness (QED) is 0.411. The third-order valence-corrected chi connectivity index (χ3v) is 0. The van der Waals surface area contributed by atoms with Gasteiger partial charge < -0.3 is 0 Å². The molecule has 0 saturated carbocycles. The first kappa shape index (κ1) is 37.0. The summed E-state index contributed by atoms with van der Waals surface area (Å²) in [5, 5.41) is 0. The van der Waals surface area contributed by atoms with Crippen LogP contribution in [0.3, 0.4) is 0 Å². The number of hydrogen-bond donors (Lipinski definition) is 0. The van der Waals surface area contributed by atoms with Crippen LogP contribution in [0.5, 0.6) is 0 Å². The fourth-order valence-corrected chi connectivity index (χ4v) is 0. The van der Waals surface area contributed by atoms with Crippen molar-refractivity contribution in [3.63, 3.8) is 0 Å². The van der Waals surface area contributed by atoms with Crippen molar-refractivity contribution < 1.29 is 0 Å². The summed E-state index contributed by atoms with van der Waals surface area (Å²) in [6.45, 7) is 19.0. The molecular weight excluding hydrogens is 168 g/mol. The Morgan fingerprint density at radius 3 is 0.643 bits per heavy atom. The first-order valence-electron chi connectivity index (χ1n) is 5.56. The minimum Gasteiger partial charge on any atom is -0.0776 e. The molecule has 0 unspecified atom stereocenters. The van der Waals surface area contributed by atoms with Crippen molar-refractivity contribution in [1.82, 2.24) is 0 Å². The van der Waals surface area contributed by atoms with Crippen molar-refractivity contribution in [3.05, 3.63) is 0 Å². The summed E-state index contributed by atoms with van der Waals surface area (Å²) in [5.74, 6) is 0.833. The highest BCUT2D eigenvalue weighted by Crippen LogP contribution is 1.81. The Bertz CT molecular complexity index is 16.5. The Labute approximate surface area is 96.5 Å². The van der Waals surface area contributed by atoms with Crippen LogP contribution in [-0.2, 0) is 0 Å². The maximum absolute atomic E-state index is 2.17. The van der Waals surface area contributed by atoms with Gasteiger partial charge in [0.2, 0.25) is 0 Å². The van der Waals surface area contributed by atoms with Crippen LogP contribution in [0.2, 0.25) is 0 Å². The van der Waals surface area contributed by atoms with Gasteiger partial charge in [0.1, 0.15) is 0 Å². The molecule has 0 aliphatic carbocycles. The van der Waals surface area contributed by atoms with E-state index in [0.717, 1.165) is 5.92 Å². The van der Waals surface area contributed by atoms with Gasteiger partial charge in [-0.3, -0.25) is 0 Å². The van der Waals surface area contributed by atoms with Gasteiger partial charge in [-0.25, -0.2) is 0 Å². The molecule has 0 bridgehead atoms. The molecule has 0 aliphatic heterocycles. The summed E-state index contributed by atoms with van der Waals surface area (Å²) in [6.07, 6.45) is 2.50. The number of rotatable bonds is 0. The van der Waals surface area contributed by atoms with Crippen molar-refractivity contribution >= 4 is 0 Å². The predicted molar refractivity (Wildman–Crippen MR) is 77.3 cm³/mol. The lowest BCUT2D eigenvalue weighted by atomic mass is 10.3. The van der Waals surface area contributed by atoms with Crippen molar-refractivity contribution in [3.8, 4) is 0 Å². The van der Waals surface area contributed by atoms with Crippen molar-refractivity contribution in [2.24, 2.45) is 5.92 Å². The second kappa shape index (κ2) is 74.9. The van der Waals surface area contributed by atoms with E-state index in [1.54, 1.807) is 0 Å². The van der Waals surface area contributed by atoms with Gasteiger partial charge in [0, 0.05) is 0 Å². The van der Waals surface area contributed by atoms with Gasteiger partial charge in [0.05, 0.1) is 0 Å². The van der Waals surface area contributed by atoms with Gasteiger partial charge in [0.15, 0.2) is 0 Å². The maximum Gasteiger partial charge on any atom is -0.0500 e. The molecule has 0 atom stereocenters. The molecule has 0 aromatic rings. The van der Waals surface area contributed by atoms with Crippen LogP contribution in [0.25, 0.3) is 0 Å². The van der Waals surface area contributed by atoms with Crippen LogP contribution < -0.4 is 0 Å². The molecule has 0 heteroatoms. The Balaban J connectivity index is -0.0000000149. The van der Waals surface area contributed by atoms with Gasteiger partial charge in [-0.2, -0.15) is 0 Å². The van der Waals surface area contributed by atoms with E-state index in [1.165, 1.54) is 12.8 Å². The first-order valence-corrected chi connectivity index (χ1v) is 5.56. The summed E-state index contributed by atoms with van der Waals surface area (Å²) in [5.41, 5.74) is 0. The molecule has 0 nitrogen and oxygen atoms in total. The van der Waals surface area contributed by atoms with E-state index >= 15 is 0 Å². The van der Waals surface area contributed by atoms with Gasteiger partial charge in [-0.15, -0.1) is 0 Å². The van der Waals surface area contributed by atoms with E-state index in [9.17, 15) is 0 Å². The summed E-state index contributed by atoms with van der Waals surface area (Å²) >= 11 is 0. The van der Waals surface area contributed by atoms with Crippen molar-refractivity contribution in [2.45, 2.75) is 90.0 Å². The molecular formula is C14H40. The summed E-state index contributed by atoms with van der Waals surface area (Å²) in [4.78, 5) is 0. The lowest BCUT2D eigenvalue weighted by Crippen LogP contribution is -1.66. The average Bonchev–Trinajstić information content (AvgIpc) is 1.92. The molecule has 0 N–H and O–H groups in total. The van der Waals surface area contributed by atoms with Gasteiger partial charge in [0.25, 0.3) is 0 Å². The summed E-state index contributed by atoms with van der Waals surface area (Å²) < 4.78 is 0. The van der Waals surface area contributed by atoms with E-state index in [4.69, 9.17) is 0 Å². The predicted octanol–water partition coefficient (Wildman–Crippen LogP) is 6.79. The van der Waals surface area contributed by atoms with Crippen molar-refractivity contribution in [1.29, 1.82) is 0 Å². The summed E-state index contributed by atoms with van der Waals surface area (Å²) in [6, 6.07) is 0. The Hall–Kier alpha value is 0. The largest absolute Gasteiger partial charge is 0.0776 e. The average molecular weight is 208 g/mol. The third kappa shape index (κ3) is 0. The Kier molecular flexibility index (Phi) is 198. The van der Waals surface area contributed by atoms with E-state index in [1.807, 2.05) is 13.8 Å². The molecule has 0 radical (unpaired) electrons. The maximum atomic E-state index is 2.17. The van der Waals surface area contributed by atoms with Gasteiger partial charge in [-0.05, 0) is 5.92 Å². The second-order valence-corrected chi connectivity index (χ2v) is 3.15. The van der Waals surface area contributed by atoms with Crippen LogP contribution in [0, 0.1) is 5.92 Å². The van der Waals surface area contributed by atoms with E-state index in [2.05, 4.69) is 48.5 Å². The molecule has 0 aliphatic rings. The standard InChI is InChI=1S/C4H10.2C3H8.C2H6.2CH4/c1-4(2)3;2*1-3-2;1-2;;/h4H,1-3H3;2*3H2,1-2H3;1-2H3;2*1H4. The normalized spacial score (nSPS) is 5.57. The van der Waals surface area contributed by atoms with Gasteiger partial charge in [-0.1, -0.05) is 90.0 Å². The molecule has 0 amide bonds. The second-order valence-electron chi connectivity index (χ2n) is 3.15. The molecule has 0 rings (SSSR count). The molecule has 0 spiro atoms. The van der Waals surface area contributed by atoms with E-state index in [0.29, 0.717) is 0 Å². The number of hydrogen-bond acceptors (Lipinski definition) is 0. The zero-order valence-electron chi connectivity index (χ0n) is 11.0. The molecule has 0 aromatic heterocycles. The fraction of sp³-hybridized carbons (Fsp3) is 1.00. The monoisotopic (exact) mass is 208 g/mol. The van der Waals surface area contributed by atoms with Crippen LogP contribution in [0.1, 0.15) is 90.0 Å². The highest BCUT2D eigenvalue weighted by molar-refractivity contribution is 4.20. The highest BCUT2D eigenvalue weighted by Gasteiger charge is 1.68. The fourth-order valence-electron chi connectivity index (χ4n) is 0. The van der Waals surface area contributed by atoms with Crippen LogP contribution in [-0.4, -0.2) is 0 Å². The Morgan fingerprint density at radius 2 is 0.643 bits per heavy atom. The first-order chi connectivity index (χ1) is 5.56. The lowest BCUT2D eigenvalue weighted by Gasteiger charge is -1.79. The molecule has 96 valence electrons. The zero-order valence-corrected chi connectivity index (χ0v) is 11.0. The van der Waals surface area contributed by atoms with Crippen molar-refractivity contribution in [2.75, 3.05) is 0 Å². The van der Waals surface area contributed by atoms with Gasteiger partial charge >= 0.3 is 0 Å². The minimum absolute atomic E-state index is 0. The molecule has 0 aromatic carbocycles.